The Balaban J connectivity index is 1.58. The second-order valence-corrected chi connectivity index (χ2v) is 7.19. The Morgan fingerprint density at radius 1 is 1.04 bits per heavy atom. The van der Waals surface area contributed by atoms with Crippen molar-refractivity contribution in [1.29, 1.82) is 0 Å². The Morgan fingerprint density at radius 3 is 2.50 bits per heavy atom. The molecule has 3 rings (SSSR count). The van der Waals surface area contributed by atoms with Gasteiger partial charge in [-0.2, -0.15) is 0 Å². The zero-order valence-electron chi connectivity index (χ0n) is 15.3. The smallest absolute Gasteiger partial charge is 0.159 e. The number of halogens is 2. The molecule has 1 aromatic heterocycles. The minimum Gasteiger partial charge on any atom is -0.255 e. The summed E-state index contributed by atoms with van der Waals surface area (Å²) in [5.41, 5.74) is 2.05. The summed E-state index contributed by atoms with van der Waals surface area (Å²) in [5, 5.41) is 0. The van der Waals surface area contributed by atoms with Gasteiger partial charge in [0.1, 0.15) is 0 Å². The fraction of sp³-hybridized carbons (Fsp3) is 0.435. The molecule has 1 saturated carbocycles. The predicted octanol–water partition coefficient (Wildman–Crippen LogP) is 6.37. The van der Waals surface area contributed by atoms with Crippen LogP contribution in [0.1, 0.15) is 57.4 Å². The fourth-order valence-corrected chi connectivity index (χ4v) is 3.57. The Labute approximate surface area is 154 Å². The van der Waals surface area contributed by atoms with E-state index in [9.17, 15) is 8.78 Å². The third-order valence-electron chi connectivity index (χ3n) is 5.21. The molecule has 26 heavy (non-hydrogen) atoms. The Morgan fingerprint density at radius 2 is 1.85 bits per heavy atom. The van der Waals surface area contributed by atoms with Crippen LogP contribution in [0.15, 0.2) is 36.5 Å². The standard InChI is InChI=1S/C23H25F2N/c1-2-3-4-17-5-7-18(8-6-17)9-10-19-11-14-23(26-16-19)20-12-13-21(24)22(25)15-20/h11-18H,2-8H2,1H3. The SMILES string of the molecule is CCCCC1CCC(C#Cc2ccc(-c3ccc(F)c(F)c3)nc2)CC1. The van der Waals surface area contributed by atoms with Crippen LogP contribution < -0.4 is 0 Å². The van der Waals surface area contributed by atoms with Gasteiger partial charge in [-0.3, -0.25) is 4.98 Å². The summed E-state index contributed by atoms with van der Waals surface area (Å²) in [4.78, 5) is 4.34. The van der Waals surface area contributed by atoms with E-state index in [2.05, 4.69) is 23.7 Å². The van der Waals surface area contributed by atoms with Crippen molar-refractivity contribution in [3.63, 3.8) is 0 Å². The summed E-state index contributed by atoms with van der Waals surface area (Å²) in [7, 11) is 0. The summed E-state index contributed by atoms with van der Waals surface area (Å²) in [6.45, 7) is 2.25. The fourth-order valence-electron chi connectivity index (χ4n) is 3.57. The minimum atomic E-state index is -0.859. The highest BCUT2D eigenvalue weighted by atomic mass is 19.2. The first-order chi connectivity index (χ1) is 12.7. The molecule has 0 amide bonds. The van der Waals surface area contributed by atoms with Gasteiger partial charge in [0.2, 0.25) is 0 Å². The van der Waals surface area contributed by atoms with Crippen molar-refractivity contribution < 1.29 is 8.78 Å². The first kappa shape index (κ1) is 18.6. The number of hydrogen-bond acceptors (Lipinski definition) is 1. The minimum absolute atomic E-state index is 0.485. The number of pyridine rings is 1. The number of aromatic nitrogens is 1. The number of nitrogens with zero attached hydrogens (tertiary/aromatic N) is 1. The normalized spacial score (nSPS) is 19.7. The molecular formula is C23H25F2N. The molecule has 2 aromatic rings. The van der Waals surface area contributed by atoms with Crippen LogP contribution in [0.2, 0.25) is 0 Å². The van der Waals surface area contributed by atoms with Crippen LogP contribution in [0.25, 0.3) is 11.3 Å². The summed E-state index contributed by atoms with van der Waals surface area (Å²) in [6.07, 6.45) is 10.7. The predicted molar refractivity (Wildman–Crippen MR) is 101 cm³/mol. The zero-order valence-corrected chi connectivity index (χ0v) is 15.3. The molecule has 0 atom stereocenters. The van der Waals surface area contributed by atoms with E-state index in [1.807, 2.05) is 6.07 Å². The molecule has 1 aliphatic carbocycles. The van der Waals surface area contributed by atoms with Crippen molar-refractivity contribution >= 4 is 0 Å². The van der Waals surface area contributed by atoms with Crippen LogP contribution in [0, 0.1) is 35.3 Å². The van der Waals surface area contributed by atoms with E-state index < -0.39 is 11.6 Å². The van der Waals surface area contributed by atoms with Gasteiger partial charge in [0.25, 0.3) is 0 Å². The highest BCUT2D eigenvalue weighted by Gasteiger charge is 2.19. The van der Waals surface area contributed by atoms with Crippen molar-refractivity contribution in [3.05, 3.63) is 53.7 Å². The lowest BCUT2D eigenvalue weighted by Gasteiger charge is -2.25. The Hall–Kier alpha value is -2.21. The second-order valence-electron chi connectivity index (χ2n) is 7.19. The van der Waals surface area contributed by atoms with E-state index in [1.165, 1.54) is 57.1 Å². The van der Waals surface area contributed by atoms with Gasteiger partial charge in [-0.15, -0.1) is 0 Å². The van der Waals surface area contributed by atoms with E-state index in [0.29, 0.717) is 17.2 Å². The summed E-state index contributed by atoms with van der Waals surface area (Å²) >= 11 is 0. The van der Waals surface area contributed by atoms with E-state index >= 15 is 0 Å². The Kier molecular flexibility index (Phi) is 6.39. The van der Waals surface area contributed by atoms with Gasteiger partial charge in [0.15, 0.2) is 11.6 Å². The van der Waals surface area contributed by atoms with Crippen molar-refractivity contribution in [3.8, 4) is 23.1 Å². The molecule has 3 heteroatoms. The third-order valence-corrected chi connectivity index (χ3v) is 5.21. The van der Waals surface area contributed by atoms with Crippen LogP contribution >= 0.6 is 0 Å². The maximum Gasteiger partial charge on any atom is 0.159 e. The number of benzene rings is 1. The summed E-state index contributed by atoms with van der Waals surface area (Å²) in [6, 6.07) is 7.52. The molecule has 1 aliphatic rings. The third kappa shape index (κ3) is 4.91. The zero-order chi connectivity index (χ0) is 18.4. The molecule has 0 saturated heterocycles. The average molecular weight is 353 g/mol. The lowest BCUT2D eigenvalue weighted by Crippen LogP contribution is -2.13. The number of rotatable bonds is 4. The Bertz CT molecular complexity index is 778. The van der Waals surface area contributed by atoms with Crippen LogP contribution in [-0.2, 0) is 0 Å². The molecule has 1 nitrogen and oxygen atoms in total. The van der Waals surface area contributed by atoms with Gasteiger partial charge in [0.05, 0.1) is 5.69 Å². The van der Waals surface area contributed by atoms with Gasteiger partial charge in [0, 0.05) is 23.2 Å². The van der Waals surface area contributed by atoms with Crippen LogP contribution in [-0.4, -0.2) is 4.98 Å². The second kappa shape index (κ2) is 8.94. The molecule has 0 spiro atoms. The first-order valence-electron chi connectivity index (χ1n) is 9.58. The molecule has 1 fully saturated rings. The van der Waals surface area contributed by atoms with Crippen molar-refractivity contribution in [1.82, 2.24) is 4.98 Å². The van der Waals surface area contributed by atoms with Gasteiger partial charge >= 0.3 is 0 Å². The van der Waals surface area contributed by atoms with E-state index in [-0.39, 0.29) is 0 Å². The number of hydrogen-bond donors (Lipinski definition) is 0. The molecular weight excluding hydrogens is 328 g/mol. The van der Waals surface area contributed by atoms with Crippen molar-refractivity contribution in [2.24, 2.45) is 11.8 Å². The van der Waals surface area contributed by atoms with Gasteiger partial charge in [-0.25, -0.2) is 8.78 Å². The molecule has 1 aromatic carbocycles. The molecule has 0 aliphatic heterocycles. The first-order valence-corrected chi connectivity index (χ1v) is 9.58. The summed E-state index contributed by atoms with van der Waals surface area (Å²) in [5.74, 6) is 6.29. The molecule has 0 N–H and O–H groups in total. The van der Waals surface area contributed by atoms with E-state index in [0.717, 1.165) is 17.5 Å². The highest BCUT2D eigenvalue weighted by molar-refractivity contribution is 5.59. The van der Waals surface area contributed by atoms with Crippen LogP contribution in [0.4, 0.5) is 8.78 Å². The lowest BCUT2D eigenvalue weighted by molar-refractivity contribution is 0.296. The molecule has 136 valence electrons. The average Bonchev–Trinajstić information content (AvgIpc) is 2.68. The maximum atomic E-state index is 13.3. The number of unbranched alkanes of at least 4 members (excludes halogenated alkanes) is 1. The van der Waals surface area contributed by atoms with Crippen LogP contribution in [0.3, 0.4) is 0 Å². The van der Waals surface area contributed by atoms with Gasteiger partial charge in [-0.1, -0.05) is 38.0 Å². The lowest BCUT2D eigenvalue weighted by atomic mass is 9.80. The topological polar surface area (TPSA) is 12.9 Å². The van der Waals surface area contributed by atoms with Crippen LogP contribution in [0.5, 0.6) is 0 Å². The largest absolute Gasteiger partial charge is 0.255 e. The monoisotopic (exact) mass is 353 g/mol. The van der Waals surface area contributed by atoms with Gasteiger partial charge in [-0.05, 0) is 61.9 Å². The molecule has 1 heterocycles. The molecule has 0 unspecified atom stereocenters. The van der Waals surface area contributed by atoms with Crippen molar-refractivity contribution in [2.45, 2.75) is 51.9 Å². The highest BCUT2D eigenvalue weighted by Crippen LogP contribution is 2.31. The van der Waals surface area contributed by atoms with E-state index in [1.54, 1.807) is 12.3 Å². The summed E-state index contributed by atoms with van der Waals surface area (Å²) < 4.78 is 26.4. The van der Waals surface area contributed by atoms with E-state index in [4.69, 9.17) is 0 Å². The molecule has 0 bridgehead atoms. The van der Waals surface area contributed by atoms with Crippen molar-refractivity contribution in [2.75, 3.05) is 0 Å². The van der Waals surface area contributed by atoms with Gasteiger partial charge < -0.3 is 0 Å². The maximum absolute atomic E-state index is 13.3. The molecule has 0 radical (unpaired) electrons. The quantitative estimate of drug-likeness (QED) is 0.582.